The Balaban J connectivity index is 1.28. The molecule has 46 heavy (non-hydrogen) atoms. The van der Waals surface area contributed by atoms with Crippen LogP contribution in [0.2, 0.25) is 0 Å². The number of aromatic nitrogens is 2. The summed E-state index contributed by atoms with van der Waals surface area (Å²) in [5.74, 6) is 0. The summed E-state index contributed by atoms with van der Waals surface area (Å²) in [5.41, 5.74) is 11.5. The number of rotatable bonds is 5. The number of para-hydroxylation sites is 4. The zero-order chi connectivity index (χ0) is 31.6. The van der Waals surface area contributed by atoms with Gasteiger partial charge in [0, 0.05) is 32.9 Å². The molecule has 0 bridgehead atoms. The van der Waals surface area contributed by atoms with Crippen molar-refractivity contribution in [2.45, 2.75) is 51.9 Å². The monoisotopic (exact) mass is 596 g/mol. The fourth-order valence-corrected chi connectivity index (χ4v) is 7.53. The summed E-state index contributed by atoms with van der Waals surface area (Å²) in [4.78, 5) is 0. The number of hydrogen-bond donors (Lipinski definition) is 0. The van der Waals surface area contributed by atoms with Crippen LogP contribution in [-0.4, -0.2) is 9.13 Å². The summed E-state index contributed by atoms with van der Waals surface area (Å²) in [7, 11) is 0. The van der Waals surface area contributed by atoms with Crippen molar-refractivity contribution >= 4 is 43.6 Å². The average Bonchev–Trinajstić information content (AvgIpc) is 3.57. The molecule has 2 nitrogen and oxygen atoms in total. The summed E-state index contributed by atoms with van der Waals surface area (Å²) in [6.07, 6.45) is 0.933. The van der Waals surface area contributed by atoms with E-state index in [-0.39, 0.29) is 10.8 Å². The molecule has 2 aromatic heterocycles. The molecule has 0 aliphatic carbocycles. The molecule has 6 aromatic carbocycles. The maximum atomic E-state index is 2.49. The first-order valence-corrected chi connectivity index (χ1v) is 16.4. The van der Waals surface area contributed by atoms with E-state index in [9.17, 15) is 0 Å². The second kappa shape index (κ2) is 10.5. The lowest BCUT2D eigenvalue weighted by molar-refractivity contribution is 0.523. The SMILES string of the molecule is CC(C)(C)c1cccc2c3ccc(CC(C)(C)c4ccc5c6ccccc6n(-c6ccccc6)c5c4)cc3n(-c3ccccc3)c12. The van der Waals surface area contributed by atoms with Gasteiger partial charge >= 0.3 is 0 Å². The summed E-state index contributed by atoms with van der Waals surface area (Å²) < 4.78 is 4.91. The lowest BCUT2D eigenvalue weighted by Gasteiger charge is -2.26. The molecule has 226 valence electrons. The van der Waals surface area contributed by atoms with E-state index in [1.54, 1.807) is 0 Å². The molecule has 0 fully saturated rings. The van der Waals surface area contributed by atoms with E-state index in [2.05, 4.69) is 183 Å². The number of hydrogen-bond acceptors (Lipinski definition) is 0. The smallest absolute Gasteiger partial charge is 0.0578 e. The predicted molar refractivity (Wildman–Crippen MR) is 197 cm³/mol. The van der Waals surface area contributed by atoms with Crippen LogP contribution in [0.4, 0.5) is 0 Å². The van der Waals surface area contributed by atoms with Crippen molar-refractivity contribution in [2.75, 3.05) is 0 Å². The summed E-state index contributed by atoms with van der Waals surface area (Å²) in [6.45, 7) is 11.7. The first-order chi connectivity index (χ1) is 22.2. The average molecular weight is 597 g/mol. The van der Waals surface area contributed by atoms with Crippen LogP contribution >= 0.6 is 0 Å². The first kappa shape index (κ1) is 28.4. The van der Waals surface area contributed by atoms with Crippen molar-refractivity contribution in [3.8, 4) is 11.4 Å². The molecule has 0 N–H and O–H groups in total. The van der Waals surface area contributed by atoms with Crippen LogP contribution in [0.25, 0.3) is 55.0 Å². The van der Waals surface area contributed by atoms with Gasteiger partial charge in [0.15, 0.2) is 0 Å². The molecule has 0 aliphatic heterocycles. The Labute approximate surface area is 271 Å². The van der Waals surface area contributed by atoms with Gasteiger partial charge in [-0.05, 0) is 76.4 Å². The van der Waals surface area contributed by atoms with Crippen LogP contribution in [0.5, 0.6) is 0 Å². The molecule has 0 radical (unpaired) electrons. The first-order valence-electron chi connectivity index (χ1n) is 16.4. The van der Waals surface area contributed by atoms with Crippen molar-refractivity contribution in [3.63, 3.8) is 0 Å². The summed E-state index contributed by atoms with van der Waals surface area (Å²) >= 11 is 0. The van der Waals surface area contributed by atoms with Crippen molar-refractivity contribution < 1.29 is 0 Å². The van der Waals surface area contributed by atoms with Gasteiger partial charge in [-0.3, -0.25) is 0 Å². The van der Waals surface area contributed by atoms with Gasteiger partial charge in [-0.25, -0.2) is 0 Å². The number of fused-ring (bicyclic) bond motifs is 6. The highest BCUT2D eigenvalue weighted by Crippen LogP contribution is 2.40. The lowest BCUT2D eigenvalue weighted by atomic mass is 9.79. The Morgan fingerprint density at radius 1 is 0.457 bits per heavy atom. The van der Waals surface area contributed by atoms with Crippen molar-refractivity contribution in [3.05, 3.63) is 156 Å². The molecule has 2 heterocycles. The molecule has 0 saturated carbocycles. The zero-order valence-electron chi connectivity index (χ0n) is 27.4. The third kappa shape index (κ3) is 4.55. The van der Waals surface area contributed by atoms with E-state index in [4.69, 9.17) is 0 Å². The van der Waals surface area contributed by atoms with Crippen LogP contribution in [0.1, 0.15) is 51.3 Å². The molecule has 0 unspecified atom stereocenters. The standard InChI is InChI=1S/C44H40N2/c1-43(2,3)38-21-14-20-37-36-25-23-30(27-40(36)46(42(37)38)33-17-10-7-11-18-33)29-44(4,5)31-24-26-35-34-19-12-13-22-39(34)45(41(35)28-31)32-15-8-6-9-16-32/h6-28H,29H2,1-5H3. The van der Waals surface area contributed by atoms with Crippen molar-refractivity contribution in [2.24, 2.45) is 0 Å². The second-order valence-electron chi connectivity index (χ2n) is 14.5. The zero-order valence-corrected chi connectivity index (χ0v) is 27.4. The van der Waals surface area contributed by atoms with Crippen LogP contribution in [-0.2, 0) is 17.3 Å². The van der Waals surface area contributed by atoms with E-state index in [1.165, 1.54) is 71.7 Å². The minimum atomic E-state index is -0.0833. The Hall–Kier alpha value is -5.08. The van der Waals surface area contributed by atoms with Gasteiger partial charge in [0.25, 0.3) is 0 Å². The van der Waals surface area contributed by atoms with Crippen LogP contribution in [0, 0.1) is 0 Å². The maximum absolute atomic E-state index is 2.49. The Morgan fingerprint density at radius 3 is 1.74 bits per heavy atom. The molecule has 8 aromatic rings. The van der Waals surface area contributed by atoms with Crippen molar-refractivity contribution in [1.82, 2.24) is 9.13 Å². The summed E-state index contributed by atoms with van der Waals surface area (Å²) in [5, 5.41) is 5.21. The Kier molecular flexibility index (Phi) is 6.48. The molecule has 0 amide bonds. The van der Waals surface area contributed by atoms with Gasteiger partial charge < -0.3 is 9.13 Å². The molecule has 8 rings (SSSR count). The lowest BCUT2D eigenvalue weighted by Crippen LogP contribution is -2.20. The normalized spacial score (nSPS) is 12.5. The van der Waals surface area contributed by atoms with E-state index >= 15 is 0 Å². The van der Waals surface area contributed by atoms with Gasteiger partial charge in [0.1, 0.15) is 0 Å². The van der Waals surface area contributed by atoms with E-state index < -0.39 is 0 Å². The third-order valence-electron chi connectivity index (χ3n) is 9.79. The van der Waals surface area contributed by atoms with E-state index in [0.717, 1.165) is 6.42 Å². The van der Waals surface area contributed by atoms with Crippen LogP contribution < -0.4 is 0 Å². The topological polar surface area (TPSA) is 9.86 Å². The highest BCUT2D eigenvalue weighted by molar-refractivity contribution is 6.11. The fourth-order valence-electron chi connectivity index (χ4n) is 7.53. The van der Waals surface area contributed by atoms with Crippen LogP contribution in [0.15, 0.2) is 140 Å². The largest absolute Gasteiger partial charge is 0.309 e. The number of nitrogens with zero attached hydrogens (tertiary/aromatic N) is 2. The van der Waals surface area contributed by atoms with Gasteiger partial charge in [-0.15, -0.1) is 0 Å². The molecule has 0 spiro atoms. The minimum Gasteiger partial charge on any atom is -0.309 e. The third-order valence-corrected chi connectivity index (χ3v) is 9.79. The van der Waals surface area contributed by atoms with Gasteiger partial charge in [-0.1, -0.05) is 132 Å². The number of benzene rings is 6. The molecule has 2 heteroatoms. The Morgan fingerprint density at radius 2 is 1.02 bits per heavy atom. The van der Waals surface area contributed by atoms with E-state index in [0.29, 0.717) is 0 Å². The fraction of sp³-hybridized carbons (Fsp3) is 0.182. The Bertz CT molecular complexity index is 2380. The minimum absolute atomic E-state index is 0.0199. The van der Waals surface area contributed by atoms with Gasteiger partial charge in [-0.2, -0.15) is 0 Å². The van der Waals surface area contributed by atoms with Gasteiger partial charge in [0.2, 0.25) is 0 Å². The van der Waals surface area contributed by atoms with E-state index in [1.807, 2.05) is 0 Å². The second-order valence-corrected chi connectivity index (χ2v) is 14.5. The molecule has 0 aliphatic rings. The molecule has 0 saturated heterocycles. The van der Waals surface area contributed by atoms with Crippen LogP contribution in [0.3, 0.4) is 0 Å². The highest BCUT2D eigenvalue weighted by atomic mass is 15.0. The predicted octanol–water partition coefficient (Wildman–Crippen LogP) is 11.7. The molecular formula is C44H40N2. The van der Waals surface area contributed by atoms with Crippen molar-refractivity contribution in [1.29, 1.82) is 0 Å². The van der Waals surface area contributed by atoms with Gasteiger partial charge in [0.05, 0.1) is 22.1 Å². The quantitative estimate of drug-likeness (QED) is 0.187. The molecular weight excluding hydrogens is 556 g/mol. The molecule has 0 atom stereocenters. The highest BCUT2D eigenvalue weighted by Gasteiger charge is 2.26. The maximum Gasteiger partial charge on any atom is 0.0578 e. The summed E-state index contributed by atoms with van der Waals surface area (Å²) in [6, 6.07) is 51.4.